The molecule has 0 aliphatic heterocycles. The number of esters is 1. The topological polar surface area (TPSA) is 52.3 Å². The second-order valence-electron chi connectivity index (χ2n) is 5.17. The van der Waals surface area contributed by atoms with Gasteiger partial charge in [0.25, 0.3) is 0 Å². The van der Waals surface area contributed by atoms with E-state index in [1.54, 1.807) is 6.92 Å². The highest BCUT2D eigenvalue weighted by Gasteiger charge is 2.36. The number of hydrogen-bond donors (Lipinski definition) is 0. The number of thiazole rings is 1. The Morgan fingerprint density at radius 1 is 1.55 bits per heavy atom. The molecule has 4 nitrogen and oxygen atoms in total. The molecule has 0 radical (unpaired) electrons. The van der Waals surface area contributed by atoms with Crippen LogP contribution in [0.3, 0.4) is 0 Å². The quantitative estimate of drug-likeness (QED) is 0.799. The third-order valence-electron chi connectivity index (χ3n) is 3.58. The number of rotatable bonds is 4. The van der Waals surface area contributed by atoms with Crippen LogP contribution in [0.5, 0.6) is 0 Å². The molecule has 106 valence electrons. The molecule has 1 saturated carbocycles. The summed E-state index contributed by atoms with van der Waals surface area (Å²) in [5.74, 6) is 2.66. The molecule has 0 amide bonds. The van der Waals surface area contributed by atoms with E-state index in [0.29, 0.717) is 24.1 Å². The number of hydrogen-bond acceptors (Lipinski definition) is 5. The van der Waals surface area contributed by atoms with Crippen LogP contribution in [-0.4, -0.2) is 17.6 Å². The van der Waals surface area contributed by atoms with Gasteiger partial charge in [0.15, 0.2) is 16.5 Å². The number of furan rings is 1. The van der Waals surface area contributed by atoms with Crippen molar-refractivity contribution in [2.45, 2.75) is 33.1 Å². The molecule has 5 heteroatoms. The molecule has 1 fully saturated rings. The largest absolute Gasteiger partial charge is 0.461 e. The predicted octanol–water partition coefficient (Wildman–Crippen LogP) is 4.01. The molecule has 0 aromatic carbocycles. The monoisotopic (exact) mass is 291 g/mol. The summed E-state index contributed by atoms with van der Waals surface area (Å²) in [6.45, 7) is 6.24. The van der Waals surface area contributed by atoms with Crippen molar-refractivity contribution in [3.05, 3.63) is 28.5 Å². The van der Waals surface area contributed by atoms with Gasteiger partial charge in [0, 0.05) is 10.8 Å². The molecule has 20 heavy (non-hydrogen) atoms. The van der Waals surface area contributed by atoms with Gasteiger partial charge in [-0.05, 0) is 38.3 Å². The molecular weight excluding hydrogens is 274 g/mol. The van der Waals surface area contributed by atoms with Gasteiger partial charge in [0.05, 0.1) is 6.61 Å². The van der Waals surface area contributed by atoms with E-state index in [4.69, 9.17) is 9.15 Å². The Bertz CT molecular complexity index is 643. The maximum absolute atomic E-state index is 11.8. The predicted molar refractivity (Wildman–Crippen MR) is 77.0 cm³/mol. The lowest BCUT2D eigenvalue weighted by molar-refractivity contribution is 0.0519. The molecule has 1 aliphatic carbocycles. The van der Waals surface area contributed by atoms with Crippen molar-refractivity contribution >= 4 is 17.3 Å². The number of carbonyl (C=O) groups excluding carboxylic acids is 1. The minimum Gasteiger partial charge on any atom is -0.461 e. The van der Waals surface area contributed by atoms with Gasteiger partial charge in [0.2, 0.25) is 0 Å². The Labute approximate surface area is 121 Å². The lowest BCUT2D eigenvalue weighted by Gasteiger charge is -1.97. The van der Waals surface area contributed by atoms with E-state index in [2.05, 4.69) is 11.9 Å². The zero-order chi connectivity index (χ0) is 14.3. The average Bonchev–Trinajstić information content (AvgIpc) is 2.84. The summed E-state index contributed by atoms with van der Waals surface area (Å²) in [5.41, 5.74) is 0.393. The van der Waals surface area contributed by atoms with Crippen molar-refractivity contribution in [2.24, 2.45) is 5.92 Å². The van der Waals surface area contributed by atoms with Gasteiger partial charge in [-0.25, -0.2) is 9.78 Å². The smallest absolute Gasteiger partial charge is 0.358 e. The second kappa shape index (κ2) is 5.05. The van der Waals surface area contributed by atoms with Crippen LogP contribution in [0.25, 0.3) is 10.8 Å². The van der Waals surface area contributed by atoms with Gasteiger partial charge in [0.1, 0.15) is 5.76 Å². The Kier molecular flexibility index (Phi) is 3.38. The summed E-state index contributed by atoms with van der Waals surface area (Å²) < 4.78 is 10.9. The van der Waals surface area contributed by atoms with Crippen molar-refractivity contribution in [3.63, 3.8) is 0 Å². The highest BCUT2D eigenvalue weighted by molar-refractivity contribution is 7.15. The SMILES string of the molecule is CCOC(=O)c1nc(-c2ccc(C3CC3C)o2)sc1C. The summed E-state index contributed by atoms with van der Waals surface area (Å²) >= 11 is 1.46. The van der Waals surface area contributed by atoms with Crippen LogP contribution in [0, 0.1) is 12.8 Å². The van der Waals surface area contributed by atoms with Crippen LogP contribution in [0.1, 0.15) is 47.3 Å². The van der Waals surface area contributed by atoms with E-state index < -0.39 is 0 Å². The van der Waals surface area contributed by atoms with Gasteiger partial charge < -0.3 is 9.15 Å². The molecule has 3 rings (SSSR count). The Hall–Kier alpha value is -1.62. The lowest BCUT2D eigenvalue weighted by atomic mass is 10.3. The molecule has 2 unspecified atom stereocenters. The second-order valence-corrected chi connectivity index (χ2v) is 6.37. The van der Waals surface area contributed by atoms with Crippen LogP contribution in [0.15, 0.2) is 16.5 Å². The first-order valence-corrected chi connectivity index (χ1v) is 7.66. The Balaban J connectivity index is 1.85. The molecule has 0 N–H and O–H groups in total. The van der Waals surface area contributed by atoms with Crippen molar-refractivity contribution in [2.75, 3.05) is 6.61 Å². The first kappa shape index (κ1) is 13.4. The zero-order valence-corrected chi connectivity index (χ0v) is 12.6. The summed E-state index contributed by atoms with van der Waals surface area (Å²) in [6.07, 6.45) is 1.19. The van der Waals surface area contributed by atoms with Crippen LogP contribution in [0.4, 0.5) is 0 Å². The van der Waals surface area contributed by atoms with Crippen molar-refractivity contribution in [1.82, 2.24) is 4.98 Å². The maximum atomic E-state index is 11.8. The molecular formula is C15H17NO3S. The molecule has 0 saturated heterocycles. The van der Waals surface area contributed by atoms with E-state index >= 15 is 0 Å². The fraction of sp³-hybridized carbons (Fsp3) is 0.467. The number of carbonyl (C=O) groups is 1. The molecule has 2 aromatic heterocycles. The first-order chi connectivity index (χ1) is 9.60. The highest BCUT2D eigenvalue weighted by atomic mass is 32.1. The van der Waals surface area contributed by atoms with Gasteiger partial charge in [-0.2, -0.15) is 0 Å². The van der Waals surface area contributed by atoms with Crippen LogP contribution < -0.4 is 0 Å². The fourth-order valence-electron chi connectivity index (χ4n) is 2.28. The van der Waals surface area contributed by atoms with Gasteiger partial charge >= 0.3 is 5.97 Å². The normalized spacial score (nSPS) is 20.9. The third kappa shape index (κ3) is 2.38. The fourth-order valence-corrected chi connectivity index (χ4v) is 3.14. The highest BCUT2D eigenvalue weighted by Crippen LogP contribution is 2.48. The molecule has 2 aromatic rings. The maximum Gasteiger partial charge on any atom is 0.358 e. The summed E-state index contributed by atoms with van der Waals surface area (Å²) in [5, 5.41) is 0.741. The molecule has 0 bridgehead atoms. The van der Waals surface area contributed by atoms with Crippen LogP contribution in [-0.2, 0) is 4.74 Å². The number of nitrogens with zero attached hydrogens (tertiary/aromatic N) is 1. The lowest BCUT2D eigenvalue weighted by Crippen LogP contribution is -2.06. The third-order valence-corrected chi connectivity index (χ3v) is 4.56. The standard InChI is InChI=1S/C15H17NO3S/c1-4-18-15(17)13-9(3)20-14(16-13)12-6-5-11(19-12)10-7-8(10)2/h5-6,8,10H,4,7H2,1-3H3. The summed E-state index contributed by atoms with van der Waals surface area (Å²) in [7, 11) is 0. The van der Waals surface area contributed by atoms with Gasteiger partial charge in [-0.3, -0.25) is 0 Å². The number of aryl methyl sites for hydroxylation is 1. The van der Waals surface area contributed by atoms with Gasteiger partial charge in [-0.1, -0.05) is 6.92 Å². The summed E-state index contributed by atoms with van der Waals surface area (Å²) in [4.78, 5) is 17.0. The van der Waals surface area contributed by atoms with Crippen molar-refractivity contribution in [1.29, 1.82) is 0 Å². The van der Waals surface area contributed by atoms with E-state index in [1.807, 2.05) is 19.1 Å². The van der Waals surface area contributed by atoms with Crippen molar-refractivity contribution < 1.29 is 13.9 Å². The van der Waals surface area contributed by atoms with E-state index in [-0.39, 0.29) is 5.97 Å². The Morgan fingerprint density at radius 3 is 2.95 bits per heavy atom. The van der Waals surface area contributed by atoms with E-state index in [1.165, 1.54) is 17.8 Å². The van der Waals surface area contributed by atoms with E-state index in [9.17, 15) is 4.79 Å². The molecule has 2 heterocycles. The minimum absolute atomic E-state index is 0.357. The number of ether oxygens (including phenoxy) is 1. The first-order valence-electron chi connectivity index (χ1n) is 6.84. The van der Waals surface area contributed by atoms with E-state index in [0.717, 1.165) is 21.4 Å². The Morgan fingerprint density at radius 2 is 2.30 bits per heavy atom. The van der Waals surface area contributed by atoms with Crippen LogP contribution >= 0.6 is 11.3 Å². The molecule has 2 atom stereocenters. The molecule has 1 aliphatic rings. The zero-order valence-electron chi connectivity index (χ0n) is 11.8. The molecule has 0 spiro atoms. The van der Waals surface area contributed by atoms with Crippen LogP contribution in [0.2, 0.25) is 0 Å². The van der Waals surface area contributed by atoms with Gasteiger partial charge in [-0.15, -0.1) is 11.3 Å². The van der Waals surface area contributed by atoms with Crippen molar-refractivity contribution in [3.8, 4) is 10.8 Å². The summed E-state index contributed by atoms with van der Waals surface area (Å²) in [6, 6.07) is 3.96. The number of aromatic nitrogens is 1. The minimum atomic E-state index is -0.366. The average molecular weight is 291 g/mol.